The van der Waals surface area contributed by atoms with Crippen molar-refractivity contribution >= 4 is 60.2 Å². The van der Waals surface area contributed by atoms with E-state index in [1.165, 1.54) is 93.3 Å². The van der Waals surface area contributed by atoms with Crippen LogP contribution in [0.1, 0.15) is 25.0 Å². The van der Waals surface area contributed by atoms with E-state index in [0.717, 1.165) is 11.4 Å². The third kappa shape index (κ3) is 4.87. The molecule has 56 heavy (non-hydrogen) atoms. The lowest BCUT2D eigenvalue weighted by Gasteiger charge is -2.31. The van der Waals surface area contributed by atoms with E-state index in [-0.39, 0.29) is 5.41 Å². The minimum Gasteiger partial charge on any atom is -0.309 e. The molecule has 0 fully saturated rings. The molecule has 0 bridgehead atoms. The Morgan fingerprint density at radius 2 is 0.893 bits per heavy atom. The lowest BCUT2D eigenvalue weighted by atomic mass is 9.82. The van der Waals surface area contributed by atoms with Crippen LogP contribution in [0.5, 0.6) is 0 Å². The molecule has 0 atom stereocenters. The molecule has 1 aliphatic carbocycles. The topological polar surface area (TPSA) is 3.24 Å². The lowest BCUT2D eigenvalue weighted by molar-refractivity contribution is 0.660. The third-order valence-corrected chi connectivity index (χ3v) is 12.3. The summed E-state index contributed by atoms with van der Waals surface area (Å²) in [5.74, 6) is 0. The van der Waals surface area contributed by atoms with Crippen LogP contribution in [-0.2, 0) is 5.41 Å². The molecule has 10 aromatic rings. The number of para-hydroxylation sites is 1. The first-order valence-corrected chi connectivity index (χ1v) is 19.6. The Morgan fingerprint density at radius 3 is 1.71 bits per heavy atom. The average Bonchev–Trinajstić information content (AvgIpc) is 3.50. The second-order valence-corrected chi connectivity index (χ2v) is 15.6. The molecule has 0 unspecified atom stereocenters. The second-order valence-electron chi connectivity index (χ2n) is 15.6. The van der Waals surface area contributed by atoms with Crippen molar-refractivity contribution in [3.05, 3.63) is 211 Å². The number of fused-ring (bicyclic) bond motifs is 9. The Labute approximate surface area is 327 Å². The van der Waals surface area contributed by atoms with Crippen LogP contribution in [-0.4, -0.2) is 0 Å². The van der Waals surface area contributed by atoms with Crippen molar-refractivity contribution in [2.45, 2.75) is 19.3 Å². The van der Waals surface area contributed by atoms with E-state index in [2.05, 4.69) is 219 Å². The third-order valence-electron chi connectivity index (χ3n) is 12.3. The molecule has 1 heteroatoms. The summed E-state index contributed by atoms with van der Waals surface area (Å²) in [6, 6.07) is 74.0. The molecule has 11 rings (SSSR count). The Hall–Kier alpha value is -6.96. The van der Waals surface area contributed by atoms with Crippen molar-refractivity contribution in [3.8, 4) is 33.4 Å². The van der Waals surface area contributed by atoms with E-state index in [1.807, 2.05) is 0 Å². The molecule has 10 aromatic carbocycles. The van der Waals surface area contributed by atoms with Crippen LogP contribution in [0.4, 0.5) is 17.1 Å². The van der Waals surface area contributed by atoms with Gasteiger partial charge in [-0.1, -0.05) is 184 Å². The molecular formula is C55H39N. The van der Waals surface area contributed by atoms with Gasteiger partial charge in [0.25, 0.3) is 0 Å². The van der Waals surface area contributed by atoms with Gasteiger partial charge in [-0.2, -0.15) is 0 Å². The van der Waals surface area contributed by atoms with Crippen LogP contribution in [0.25, 0.3) is 76.5 Å². The summed E-state index contributed by atoms with van der Waals surface area (Å²) in [5, 5.41) is 10.1. The number of benzene rings is 10. The molecule has 0 heterocycles. The van der Waals surface area contributed by atoms with Crippen LogP contribution < -0.4 is 4.90 Å². The highest BCUT2D eigenvalue weighted by atomic mass is 15.1. The number of rotatable bonds is 5. The highest BCUT2D eigenvalue weighted by molar-refractivity contribution is 6.21. The van der Waals surface area contributed by atoms with Gasteiger partial charge in [0.05, 0.1) is 11.4 Å². The number of anilines is 3. The van der Waals surface area contributed by atoms with Gasteiger partial charge in [-0.3, -0.25) is 0 Å². The minimum atomic E-state index is -0.117. The zero-order chi connectivity index (χ0) is 37.4. The fourth-order valence-electron chi connectivity index (χ4n) is 9.58. The van der Waals surface area contributed by atoms with Gasteiger partial charge < -0.3 is 4.90 Å². The molecule has 1 nitrogen and oxygen atoms in total. The van der Waals surface area contributed by atoms with E-state index in [1.54, 1.807) is 0 Å². The molecule has 0 saturated heterocycles. The maximum atomic E-state index is 2.50. The summed E-state index contributed by atoms with van der Waals surface area (Å²) in [6.07, 6.45) is 0. The van der Waals surface area contributed by atoms with Crippen LogP contribution in [0.3, 0.4) is 0 Å². The summed E-state index contributed by atoms with van der Waals surface area (Å²) < 4.78 is 0. The molecule has 0 amide bonds. The molecule has 1 aliphatic rings. The number of nitrogens with zero attached hydrogens (tertiary/aromatic N) is 1. The van der Waals surface area contributed by atoms with Crippen LogP contribution in [0, 0.1) is 0 Å². The lowest BCUT2D eigenvalue weighted by Crippen LogP contribution is -2.16. The monoisotopic (exact) mass is 713 g/mol. The molecule has 0 saturated carbocycles. The van der Waals surface area contributed by atoms with Gasteiger partial charge in [0.2, 0.25) is 0 Å². The first kappa shape index (κ1) is 32.5. The highest BCUT2D eigenvalue weighted by Crippen LogP contribution is 2.55. The smallest absolute Gasteiger partial charge is 0.0543 e. The Bertz CT molecular complexity index is 3160. The van der Waals surface area contributed by atoms with Gasteiger partial charge in [-0.15, -0.1) is 0 Å². The summed E-state index contributed by atoms with van der Waals surface area (Å²) in [6.45, 7) is 4.73. The quantitative estimate of drug-likeness (QED) is 0.161. The molecule has 0 radical (unpaired) electrons. The molecule has 0 spiro atoms. The van der Waals surface area contributed by atoms with Crippen molar-refractivity contribution in [3.63, 3.8) is 0 Å². The normalized spacial score (nSPS) is 13.0. The molecule has 0 aliphatic heterocycles. The van der Waals surface area contributed by atoms with E-state index in [9.17, 15) is 0 Å². The van der Waals surface area contributed by atoms with Gasteiger partial charge >= 0.3 is 0 Å². The van der Waals surface area contributed by atoms with E-state index in [0.29, 0.717) is 0 Å². The Kier molecular flexibility index (Phi) is 7.28. The minimum absolute atomic E-state index is 0.117. The predicted molar refractivity (Wildman–Crippen MR) is 240 cm³/mol. The highest BCUT2D eigenvalue weighted by Gasteiger charge is 2.38. The van der Waals surface area contributed by atoms with Crippen LogP contribution in [0.15, 0.2) is 200 Å². The van der Waals surface area contributed by atoms with E-state index < -0.39 is 0 Å². The van der Waals surface area contributed by atoms with Crippen molar-refractivity contribution in [2.24, 2.45) is 0 Å². The summed E-state index contributed by atoms with van der Waals surface area (Å²) in [4.78, 5) is 2.50. The molecule has 0 N–H and O–H groups in total. The van der Waals surface area contributed by atoms with Crippen molar-refractivity contribution in [1.29, 1.82) is 0 Å². The standard InChI is InChI=1S/C55H39N/c1-55(2)50-25-11-9-23-47(50)54-51(55)26-14-28-53(54)56(52-27-12-10-22-46(52)42-24-13-17-36-15-3-5-18-40(36)42)39-32-29-38(30-33-39)48-35-49-41-19-6-4-16-37(41)31-34-45(49)43-20-7-8-21-44(43)48/h3-35H,1-2H3. The van der Waals surface area contributed by atoms with Gasteiger partial charge in [-0.25, -0.2) is 0 Å². The summed E-state index contributed by atoms with van der Waals surface area (Å²) in [7, 11) is 0. The molecule has 264 valence electrons. The summed E-state index contributed by atoms with van der Waals surface area (Å²) >= 11 is 0. The largest absolute Gasteiger partial charge is 0.309 e. The average molecular weight is 714 g/mol. The van der Waals surface area contributed by atoms with Gasteiger partial charge in [0.15, 0.2) is 0 Å². The first-order valence-electron chi connectivity index (χ1n) is 19.6. The fourth-order valence-corrected chi connectivity index (χ4v) is 9.58. The van der Waals surface area contributed by atoms with E-state index in [4.69, 9.17) is 0 Å². The maximum absolute atomic E-state index is 2.50. The zero-order valence-electron chi connectivity index (χ0n) is 31.5. The van der Waals surface area contributed by atoms with Crippen LogP contribution >= 0.6 is 0 Å². The van der Waals surface area contributed by atoms with Crippen molar-refractivity contribution in [1.82, 2.24) is 0 Å². The van der Waals surface area contributed by atoms with Gasteiger partial charge in [0, 0.05) is 22.2 Å². The van der Waals surface area contributed by atoms with Crippen LogP contribution in [0.2, 0.25) is 0 Å². The Balaban J connectivity index is 1.15. The van der Waals surface area contributed by atoms with Crippen molar-refractivity contribution in [2.75, 3.05) is 4.90 Å². The SMILES string of the molecule is CC1(C)c2ccccc2-c2c(N(c3ccc(-c4cc5c6ccccc6ccc5c5ccccc45)cc3)c3ccccc3-c3cccc4ccccc34)cccc21. The molecular weight excluding hydrogens is 675 g/mol. The molecule has 0 aromatic heterocycles. The number of hydrogen-bond donors (Lipinski definition) is 0. The zero-order valence-corrected chi connectivity index (χ0v) is 31.5. The van der Waals surface area contributed by atoms with E-state index >= 15 is 0 Å². The first-order chi connectivity index (χ1) is 27.6. The number of hydrogen-bond acceptors (Lipinski definition) is 1. The van der Waals surface area contributed by atoms with Gasteiger partial charge in [-0.05, 0) is 107 Å². The van der Waals surface area contributed by atoms with Crippen molar-refractivity contribution < 1.29 is 0 Å². The van der Waals surface area contributed by atoms with Gasteiger partial charge in [0.1, 0.15) is 0 Å². The Morgan fingerprint density at radius 1 is 0.339 bits per heavy atom. The fraction of sp³-hybridized carbons (Fsp3) is 0.0545. The maximum Gasteiger partial charge on any atom is 0.0543 e. The summed E-state index contributed by atoms with van der Waals surface area (Å²) in [5.41, 5.74) is 13.5. The predicted octanol–water partition coefficient (Wildman–Crippen LogP) is 15.4. The second kappa shape index (κ2) is 12.5.